The molecule has 19 heavy (non-hydrogen) atoms. The summed E-state index contributed by atoms with van der Waals surface area (Å²) in [7, 11) is 3.15. The molecule has 0 saturated heterocycles. The predicted molar refractivity (Wildman–Crippen MR) is 70.2 cm³/mol. The third kappa shape index (κ3) is 2.53. The Morgan fingerprint density at radius 3 is 2.58 bits per heavy atom. The molecule has 0 aromatic heterocycles. The van der Waals surface area contributed by atoms with Gasteiger partial charge in [0.05, 0.1) is 11.6 Å². The Labute approximate surface area is 111 Å². The molecule has 0 atom stereocenters. The normalized spacial score (nSPS) is 16.1. The van der Waals surface area contributed by atoms with Crippen molar-refractivity contribution in [3.05, 3.63) is 29.6 Å². The van der Waals surface area contributed by atoms with E-state index in [1.807, 2.05) is 0 Å². The van der Waals surface area contributed by atoms with Crippen LogP contribution in [0, 0.1) is 17.1 Å². The van der Waals surface area contributed by atoms with Crippen LogP contribution in [-0.4, -0.2) is 30.4 Å². The molecule has 1 aliphatic carbocycles. The van der Waals surface area contributed by atoms with Crippen molar-refractivity contribution in [1.82, 2.24) is 4.90 Å². The molecular formula is C14H16FN3O. The summed E-state index contributed by atoms with van der Waals surface area (Å²) in [4.78, 5) is 13.0. The van der Waals surface area contributed by atoms with Gasteiger partial charge < -0.3 is 10.2 Å². The molecule has 1 saturated carbocycles. The summed E-state index contributed by atoms with van der Waals surface area (Å²) >= 11 is 0. The predicted octanol–water partition coefficient (Wildman–Crippen LogP) is 2.39. The van der Waals surface area contributed by atoms with E-state index in [9.17, 15) is 9.18 Å². The standard InChI is InChI=1S/C14H16FN3O/c1-18(2)13(19)11-5-4-10(8-12(11)15)17-14(9-16)6-3-7-14/h4-5,8,17H,3,6-7H2,1-2H3. The second kappa shape index (κ2) is 4.88. The minimum absolute atomic E-state index is 0.0372. The molecule has 1 N–H and O–H groups in total. The van der Waals surface area contributed by atoms with E-state index in [-0.39, 0.29) is 11.5 Å². The molecule has 0 spiro atoms. The van der Waals surface area contributed by atoms with Crippen LogP contribution in [-0.2, 0) is 0 Å². The average Bonchev–Trinajstić information content (AvgIpc) is 2.33. The fourth-order valence-corrected chi connectivity index (χ4v) is 2.08. The van der Waals surface area contributed by atoms with E-state index in [2.05, 4.69) is 11.4 Å². The van der Waals surface area contributed by atoms with E-state index in [4.69, 9.17) is 5.26 Å². The van der Waals surface area contributed by atoms with Crippen molar-refractivity contribution in [2.24, 2.45) is 0 Å². The Kier molecular flexibility index (Phi) is 3.43. The van der Waals surface area contributed by atoms with E-state index in [0.717, 1.165) is 19.3 Å². The fraction of sp³-hybridized carbons (Fsp3) is 0.429. The zero-order chi connectivity index (χ0) is 14.0. The summed E-state index contributed by atoms with van der Waals surface area (Å²) < 4.78 is 13.9. The van der Waals surface area contributed by atoms with Crippen LogP contribution in [0.25, 0.3) is 0 Å². The Bertz CT molecular complexity index is 544. The van der Waals surface area contributed by atoms with E-state index < -0.39 is 11.4 Å². The van der Waals surface area contributed by atoms with E-state index in [0.29, 0.717) is 5.69 Å². The van der Waals surface area contributed by atoms with E-state index in [1.54, 1.807) is 20.2 Å². The van der Waals surface area contributed by atoms with Gasteiger partial charge in [-0.25, -0.2) is 4.39 Å². The third-order valence-corrected chi connectivity index (χ3v) is 3.41. The molecule has 1 fully saturated rings. The largest absolute Gasteiger partial charge is 0.367 e. The molecule has 0 aliphatic heterocycles. The van der Waals surface area contributed by atoms with Gasteiger partial charge in [0.2, 0.25) is 0 Å². The lowest BCUT2D eigenvalue weighted by atomic mass is 9.78. The summed E-state index contributed by atoms with van der Waals surface area (Å²) in [6.45, 7) is 0. The Morgan fingerprint density at radius 1 is 1.47 bits per heavy atom. The van der Waals surface area contributed by atoms with Crippen LogP contribution in [0.3, 0.4) is 0 Å². The van der Waals surface area contributed by atoms with Gasteiger partial charge in [-0.05, 0) is 37.5 Å². The summed E-state index contributed by atoms with van der Waals surface area (Å²) in [5.74, 6) is -0.946. The highest BCUT2D eigenvalue weighted by Crippen LogP contribution is 2.34. The lowest BCUT2D eigenvalue weighted by Gasteiger charge is -2.36. The molecule has 1 aromatic carbocycles. The number of amides is 1. The number of halogens is 1. The number of carbonyl (C=O) groups is 1. The molecule has 0 radical (unpaired) electrons. The van der Waals surface area contributed by atoms with Crippen LogP contribution < -0.4 is 5.32 Å². The average molecular weight is 261 g/mol. The molecule has 1 amide bonds. The lowest BCUT2D eigenvalue weighted by Crippen LogP contribution is -2.43. The van der Waals surface area contributed by atoms with E-state index >= 15 is 0 Å². The van der Waals surface area contributed by atoms with Gasteiger partial charge in [-0.15, -0.1) is 0 Å². The Balaban J connectivity index is 2.20. The van der Waals surface area contributed by atoms with Gasteiger partial charge in [0.25, 0.3) is 5.91 Å². The number of anilines is 1. The molecule has 1 aliphatic rings. The van der Waals surface area contributed by atoms with Crippen molar-refractivity contribution in [2.45, 2.75) is 24.8 Å². The second-order valence-corrected chi connectivity index (χ2v) is 5.07. The van der Waals surface area contributed by atoms with Crippen molar-refractivity contribution >= 4 is 11.6 Å². The first kappa shape index (κ1) is 13.3. The minimum Gasteiger partial charge on any atom is -0.367 e. The van der Waals surface area contributed by atoms with Crippen LogP contribution in [0.15, 0.2) is 18.2 Å². The topological polar surface area (TPSA) is 56.1 Å². The van der Waals surface area contributed by atoms with Crippen molar-refractivity contribution in [3.63, 3.8) is 0 Å². The molecule has 0 bridgehead atoms. The van der Waals surface area contributed by atoms with Crippen molar-refractivity contribution in [1.29, 1.82) is 5.26 Å². The van der Waals surface area contributed by atoms with Gasteiger partial charge in [0, 0.05) is 19.8 Å². The maximum Gasteiger partial charge on any atom is 0.256 e. The molecule has 0 heterocycles. The number of nitrogens with one attached hydrogen (secondary N) is 1. The molecule has 2 rings (SSSR count). The molecule has 5 heteroatoms. The van der Waals surface area contributed by atoms with Crippen molar-refractivity contribution in [2.75, 3.05) is 19.4 Å². The van der Waals surface area contributed by atoms with Gasteiger partial charge in [0.15, 0.2) is 0 Å². The maximum atomic E-state index is 13.9. The first-order chi connectivity index (χ1) is 8.97. The van der Waals surface area contributed by atoms with Crippen LogP contribution in [0.2, 0.25) is 0 Å². The van der Waals surface area contributed by atoms with Crippen molar-refractivity contribution in [3.8, 4) is 6.07 Å². The van der Waals surface area contributed by atoms with Crippen LogP contribution in [0.5, 0.6) is 0 Å². The smallest absolute Gasteiger partial charge is 0.256 e. The number of benzene rings is 1. The summed E-state index contributed by atoms with van der Waals surface area (Å²) in [6, 6.07) is 6.59. The first-order valence-electron chi connectivity index (χ1n) is 6.18. The summed E-state index contributed by atoms with van der Waals surface area (Å²) in [6.07, 6.45) is 2.53. The SMILES string of the molecule is CN(C)C(=O)c1ccc(NC2(C#N)CCC2)cc1F. The van der Waals surface area contributed by atoms with Gasteiger partial charge in [-0.1, -0.05) is 0 Å². The summed E-state index contributed by atoms with van der Waals surface area (Å²) in [5.41, 5.74) is 0.00343. The highest BCUT2D eigenvalue weighted by Gasteiger charge is 2.37. The summed E-state index contributed by atoms with van der Waals surface area (Å²) in [5, 5.41) is 12.2. The number of hydrogen-bond acceptors (Lipinski definition) is 3. The number of hydrogen-bond donors (Lipinski definition) is 1. The fourth-order valence-electron chi connectivity index (χ4n) is 2.08. The monoisotopic (exact) mass is 261 g/mol. The van der Waals surface area contributed by atoms with Gasteiger partial charge >= 0.3 is 0 Å². The van der Waals surface area contributed by atoms with Gasteiger partial charge in [0.1, 0.15) is 11.4 Å². The van der Waals surface area contributed by atoms with Crippen molar-refractivity contribution < 1.29 is 9.18 Å². The quantitative estimate of drug-likeness (QED) is 0.908. The number of nitriles is 1. The highest BCUT2D eigenvalue weighted by molar-refractivity contribution is 5.94. The van der Waals surface area contributed by atoms with Crippen LogP contribution in [0.4, 0.5) is 10.1 Å². The lowest BCUT2D eigenvalue weighted by molar-refractivity contribution is 0.0823. The third-order valence-electron chi connectivity index (χ3n) is 3.41. The minimum atomic E-state index is -0.573. The zero-order valence-electron chi connectivity index (χ0n) is 11.0. The Morgan fingerprint density at radius 2 is 2.16 bits per heavy atom. The zero-order valence-corrected chi connectivity index (χ0v) is 11.0. The maximum absolute atomic E-state index is 13.9. The Hall–Kier alpha value is -2.09. The van der Waals surface area contributed by atoms with Crippen LogP contribution >= 0.6 is 0 Å². The van der Waals surface area contributed by atoms with Crippen LogP contribution in [0.1, 0.15) is 29.6 Å². The van der Waals surface area contributed by atoms with E-state index in [1.165, 1.54) is 17.0 Å². The van der Waals surface area contributed by atoms with Gasteiger partial charge in [-0.2, -0.15) is 5.26 Å². The number of carbonyl (C=O) groups excluding carboxylic acids is 1. The molecule has 4 nitrogen and oxygen atoms in total. The number of nitrogens with zero attached hydrogens (tertiary/aromatic N) is 2. The highest BCUT2D eigenvalue weighted by atomic mass is 19.1. The van der Waals surface area contributed by atoms with Gasteiger partial charge in [-0.3, -0.25) is 4.79 Å². The molecule has 1 aromatic rings. The second-order valence-electron chi connectivity index (χ2n) is 5.07. The first-order valence-corrected chi connectivity index (χ1v) is 6.18. The number of rotatable bonds is 3. The molecule has 100 valence electrons. The molecular weight excluding hydrogens is 245 g/mol. The molecule has 0 unspecified atom stereocenters.